The minimum absolute atomic E-state index is 0.00450. The van der Waals surface area contributed by atoms with Crippen LogP contribution in [0.2, 0.25) is 0 Å². The molecule has 0 heterocycles. The summed E-state index contributed by atoms with van der Waals surface area (Å²) >= 11 is 8.47. The largest absolute Gasteiger partial charge is 0.332 e. The molecule has 0 N–H and O–H groups in total. The number of hydrogen-bond acceptors (Lipinski definition) is 1. The molecule has 7 heteroatoms. The minimum atomic E-state index is -2.69. The van der Waals surface area contributed by atoms with E-state index in [-0.39, 0.29) is 22.5 Å². The van der Waals surface area contributed by atoms with Crippen LogP contribution >= 0.6 is 27.5 Å². The first kappa shape index (κ1) is 15.3. The maximum Gasteiger partial charge on any atom is 0.258 e. The number of rotatable bonds is 5. The van der Waals surface area contributed by atoms with Crippen LogP contribution in [0.1, 0.15) is 10.4 Å². The SMILES string of the molecule is O=C(c1c(F)cccc1Br)N(CCCl)CC(F)F. The smallest absolute Gasteiger partial charge is 0.258 e. The highest BCUT2D eigenvalue weighted by Crippen LogP contribution is 2.21. The first-order valence-corrected chi connectivity index (χ1v) is 6.37. The molecular weight excluding hydrogens is 334 g/mol. The molecule has 1 aromatic rings. The van der Waals surface area contributed by atoms with Crippen molar-refractivity contribution in [3.63, 3.8) is 0 Å². The molecule has 1 amide bonds. The van der Waals surface area contributed by atoms with E-state index < -0.39 is 24.7 Å². The van der Waals surface area contributed by atoms with Crippen molar-refractivity contribution in [3.05, 3.63) is 34.1 Å². The number of alkyl halides is 3. The van der Waals surface area contributed by atoms with Gasteiger partial charge in [-0.15, -0.1) is 11.6 Å². The van der Waals surface area contributed by atoms with Gasteiger partial charge in [-0.2, -0.15) is 0 Å². The summed E-state index contributed by atoms with van der Waals surface area (Å²) in [5.74, 6) is -1.56. The van der Waals surface area contributed by atoms with Gasteiger partial charge in [0, 0.05) is 16.9 Å². The minimum Gasteiger partial charge on any atom is -0.332 e. The Bertz CT molecular complexity index is 410. The lowest BCUT2D eigenvalue weighted by Gasteiger charge is -2.22. The Morgan fingerprint density at radius 2 is 2.11 bits per heavy atom. The van der Waals surface area contributed by atoms with Crippen LogP contribution in [0.5, 0.6) is 0 Å². The fraction of sp³-hybridized carbons (Fsp3) is 0.364. The predicted molar refractivity (Wildman–Crippen MR) is 66.7 cm³/mol. The molecule has 0 aliphatic carbocycles. The second-order valence-corrected chi connectivity index (χ2v) is 4.66. The average Bonchev–Trinajstić information content (AvgIpc) is 2.27. The Morgan fingerprint density at radius 3 is 2.61 bits per heavy atom. The number of carbonyl (C=O) groups excluding carboxylic acids is 1. The van der Waals surface area contributed by atoms with Gasteiger partial charge in [0.25, 0.3) is 12.3 Å². The van der Waals surface area contributed by atoms with Gasteiger partial charge in [0.05, 0.1) is 12.1 Å². The summed E-state index contributed by atoms with van der Waals surface area (Å²) in [6.07, 6.45) is -2.69. The summed E-state index contributed by atoms with van der Waals surface area (Å²) < 4.78 is 38.5. The molecule has 1 rings (SSSR count). The van der Waals surface area contributed by atoms with Crippen LogP contribution in [0, 0.1) is 5.82 Å². The summed E-state index contributed by atoms with van der Waals surface area (Å²) in [6.45, 7) is -0.835. The molecule has 1 aromatic carbocycles. The predicted octanol–water partition coefficient (Wildman–Crippen LogP) is 3.53. The second-order valence-electron chi connectivity index (χ2n) is 3.43. The Morgan fingerprint density at radius 1 is 1.44 bits per heavy atom. The fourth-order valence-corrected chi connectivity index (χ4v) is 2.12. The van der Waals surface area contributed by atoms with Gasteiger partial charge in [0.15, 0.2) is 0 Å². The van der Waals surface area contributed by atoms with Crippen LogP contribution in [-0.2, 0) is 0 Å². The van der Waals surface area contributed by atoms with Gasteiger partial charge in [-0.05, 0) is 28.1 Å². The molecule has 0 atom stereocenters. The van der Waals surface area contributed by atoms with Crippen molar-refractivity contribution in [2.45, 2.75) is 6.43 Å². The lowest BCUT2D eigenvalue weighted by Crippen LogP contribution is -2.37. The van der Waals surface area contributed by atoms with E-state index in [9.17, 15) is 18.0 Å². The molecular formula is C11H10BrClF3NO. The van der Waals surface area contributed by atoms with E-state index in [1.54, 1.807) is 0 Å². The van der Waals surface area contributed by atoms with Gasteiger partial charge >= 0.3 is 0 Å². The number of halogens is 5. The summed E-state index contributed by atoms with van der Waals surface area (Å²) in [6, 6.07) is 3.98. The van der Waals surface area contributed by atoms with Crippen LogP contribution in [0.4, 0.5) is 13.2 Å². The van der Waals surface area contributed by atoms with Crippen LogP contribution in [0.15, 0.2) is 22.7 Å². The highest BCUT2D eigenvalue weighted by molar-refractivity contribution is 9.10. The molecule has 0 fully saturated rings. The van der Waals surface area contributed by atoms with Crippen molar-refractivity contribution >= 4 is 33.4 Å². The molecule has 2 nitrogen and oxygen atoms in total. The van der Waals surface area contributed by atoms with Crippen LogP contribution < -0.4 is 0 Å². The molecule has 0 bridgehead atoms. The molecule has 0 aliphatic heterocycles. The van der Waals surface area contributed by atoms with Gasteiger partial charge in [0.1, 0.15) is 5.82 Å². The van der Waals surface area contributed by atoms with Gasteiger partial charge in [-0.25, -0.2) is 13.2 Å². The van der Waals surface area contributed by atoms with E-state index in [2.05, 4.69) is 15.9 Å². The number of nitrogens with zero attached hydrogens (tertiary/aromatic N) is 1. The van der Waals surface area contributed by atoms with E-state index in [4.69, 9.17) is 11.6 Å². The maximum absolute atomic E-state index is 13.5. The summed E-state index contributed by atoms with van der Waals surface area (Å²) in [5.41, 5.74) is -0.261. The van der Waals surface area contributed by atoms with Crippen molar-refractivity contribution in [2.75, 3.05) is 19.0 Å². The number of amides is 1. The van der Waals surface area contributed by atoms with Gasteiger partial charge in [-0.1, -0.05) is 6.07 Å². The zero-order valence-electron chi connectivity index (χ0n) is 9.18. The molecule has 0 aromatic heterocycles. The topological polar surface area (TPSA) is 20.3 Å². The Kier molecular flexibility index (Phi) is 5.95. The summed E-state index contributed by atoms with van der Waals surface area (Å²) in [5, 5.41) is 0. The summed E-state index contributed by atoms with van der Waals surface area (Å²) in [7, 11) is 0. The van der Waals surface area contributed by atoms with E-state index in [1.807, 2.05) is 0 Å². The zero-order chi connectivity index (χ0) is 13.7. The lowest BCUT2D eigenvalue weighted by molar-refractivity contribution is 0.0566. The molecule has 0 unspecified atom stereocenters. The van der Waals surface area contributed by atoms with Crippen molar-refractivity contribution in [1.82, 2.24) is 4.90 Å². The third-order valence-corrected chi connectivity index (χ3v) is 3.01. The Hall–Kier alpha value is -0.750. The van der Waals surface area contributed by atoms with Gasteiger partial charge in [0.2, 0.25) is 0 Å². The van der Waals surface area contributed by atoms with E-state index >= 15 is 0 Å². The molecule has 18 heavy (non-hydrogen) atoms. The van der Waals surface area contributed by atoms with Crippen LogP contribution in [-0.4, -0.2) is 36.2 Å². The van der Waals surface area contributed by atoms with Crippen molar-refractivity contribution in [3.8, 4) is 0 Å². The zero-order valence-corrected chi connectivity index (χ0v) is 11.5. The van der Waals surface area contributed by atoms with E-state index in [0.717, 1.165) is 11.0 Å². The molecule has 0 radical (unpaired) electrons. The van der Waals surface area contributed by atoms with Crippen molar-refractivity contribution in [2.24, 2.45) is 0 Å². The maximum atomic E-state index is 13.5. The molecule has 0 saturated heterocycles. The number of benzene rings is 1. The van der Waals surface area contributed by atoms with Crippen molar-refractivity contribution in [1.29, 1.82) is 0 Å². The van der Waals surface area contributed by atoms with Gasteiger partial charge < -0.3 is 4.90 Å². The normalized spacial score (nSPS) is 10.8. The second kappa shape index (κ2) is 6.99. The van der Waals surface area contributed by atoms with Gasteiger partial charge in [-0.3, -0.25) is 4.79 Å². The molecule has 0 saturated carbocycles. The monoisotopic (exact) mass is 343 g/mol. The summed E-state index contributed by atoms with van der Waals surface area (Å²) in [4.78, 5) is 12.8. The van der Waals surface area contributed by atoms with Crippen molar-refractivity contribution < 1.29 is 18.0 Å². The molecule has 100 valence electrons. The standard InChI is InChI=1S/C11H10BrClF3NO/c12-7-2-1-3-8(14)10(7)11(18)17(5-4-13)6-9(15)16/h1-3,9H,4-6H2. The lowest BCUT2D eigenvalue weighted by atomic mass is 10.2. The Balaban J connectivity index is 3.01. The van der Waals surface area contributed by atoms with E-state index in [1.165, 1.54) is 12.1 Å². The third kappa shape index (κ3) is 3.88. The highest BCUT2D eigenvalue weighted by Gasteiger charge is 2.23. The first-order valence-electron chi connectivity index (χ1n) is 5.04. The number of hydrogen-bond donors (Lipinski definition) is 0. The third-order valence-electron chi connectivity index (χ3n) is 2.18. The van der Waals surface area contributed by atoms with Crippen LogP contribution in [0.25, 0.3) is 0 Å². The Labute approximate surface area is 116 Å². The highest BCUT2D eigenvalue weighted by atomic mass is 79.9. The van der Waals surface area contributed by atoms with E-state index in [0.29, 0.717) is 0 Å². The average molecular weight is 345 g/mol. The molecule has 0 aliphatic rings. The first-order chi connectivity index (χ1) is 8.47. The fourth-order valence-electron chi connectivity index (χ4n) is 1.40. The van der Waals surface area contributed by atoms with Crippen LogP contribution in [0.3, 0.4) is 0 Å². The number of carbonyl (C=O) groups is 1. The molecule has 0 spiro atoms. The quantitative estimate of drug-likeness (QED) is 0.748.